The first-order valence-electron chi connectivity index (χ1n) is 7.02. The van der Waals surface area contributed by atoms with Gasteiger partial charge in [0.1, 0.15) is 5.75 Å². The van der Waals surface area contributed by atoms with Gasteiger partial charge in [-0.05, 0) is 36.8 Å². The molecule has 1 aromatic carbocycles. The van der Waals surface area contributed by atoms with Crippen molar-refractivity contribution < 1.29 is 9.94 Å². The Morgan fingerprint density at radius 1 is 1.48 bits per heavy atom. The standard InChI is InChI=1S/C15H23N3O2S/c1-20-13-5-3-4-12(10-13)11-18-8-6-15(21-2,7-9-18)14(16)17-19/h3-5,10,19H,6-9,11H2,1-2H3,(H2,16,17). The number of benzene rings is 1. The molecule has 3 N–H and O–H groups in total. The van der Waals surface area contributed by atoms with Crippen LogP contribution in [0.15, 0.2) is 29.4 Å². The number of piperidine rings is 1. The van der Waals surface area contributed by atoms with E-state index in [-0.39, 0.29) is 4.75 Å². The molecule has 0 unspecified atom stereocenters. The molecule has 1 heterocycles. The van der Waals surface area contributed by atoms with Crippen molar-refractivity contribution in [1.29, 1.82) is 0 Å². The van der Waals surface area contributed by atoms with Gasteiger partial charge in [-0.2, -0.15) is 11.8 Å². The Labute approximate surface area is 130 Å². The van der Waals surface area contributed by atoms with Crippen LogP contribution in [0, 0.1) is 0 Å². The van der Waals surface area contributed by atoms with Crippen molar-refractivity contribution in [1.82, 2.24) is 4.90 Å². The lowest BCUT2D eigenvalue weighted by molar-refractivity contribution is 0.209. The van der Waals surface area contributed by atoms with Crippen LogP contribution in [-0.4, -0.2) is 47.1 Å². The summed E-state index contributed by atoms with van der Waals surface area (Å²) in [5.41, 5.74) is 7.12. The van der Waals surface area contributed by atoms with Crippen molar-refractivity contribution in [3.8, 4) is 5.75 Å². The molecule has 0 atom stereocenters. The van der Waals surface area contributed by atoms with Crippen LogP contribution in [0.5, 0.6) is 5.75 Å². The first-order valence-corrected chi connectivity index (χ1v) is 8.24. The zero-order valence-corrected chi connectivity index (χ0v) is 13.4. The minimum atomic E-state index is -0.223. The molecule has 21 heavy (non-hydrogen) atoms. The number of hydrogen-bond donors (Lipinski definition) is 2. The number of rotatable bonds is 5. The number of methoxy groups -OCH3 is 1. The van der Waals surface area contributed by atoms with E-state index < -0.39 is 0 Å². The molecule has 1 aliphatic rings. The van der Waals surface area contributed by atoms with Gasteiger partial charge in [0.2, 0.25) is 0 Å². The Kier molecular flexibility index (Phi) is 5.36. The monoisotopic (exact) mass is 309 g/mol. The summed E-state index contributed by atoms with van der Waals surface area (Å²) in [7, 11) is 1.68. The van der Waals surface area contributed by atoms with Gasteiger partial charge in [-0.3, -0.25) is 4.90 Å². The van der Waals surface area contributed by atoms with Gasteiger partial charge in [-0.25, -0.2) is 0 Å². The van der Waals surface area contributed by atoms with E-state index in [2.05, 4.69) is 22.2 Å². The molecule has 1 fully saturated rings. The van der Waals surface area contributed by atoms with Gasteiger partial charge in [-0.1, -0.05) is 17.3 Å². The molecule has 1 saturated heterocycles. The zero-order valence-electron chi connectivity index (χ0n) is 12.6. The molecule has 0 aromatic heterocycles. The number of hydrogen-bond acceptors (Lipinski definition) is 5. The van der Waals surface area contributed by atoms with E-state index in [0.29, 0.717) is 5.84 Å². The van der Waals surface area contributed by atoms with E-state index >= 15 is 0 Å². The fraction of sp³-hybridized carbons (Fsp3) is 0.533. The molecule has 1 aromatic rings. The summed E-state index contributed by atoms with van der Waals surface area (Å²) in [6.45, 7) is 2.78. The molecule has 0 radical (unpaired) electrons. The van der Waals surface area contributed by atoms with Gasteiger partial charge < -0.3 is 15.7 Å². The van der Waals surface area contributed by atoms with Crippen molar-refractivity contribution in [3.63, 3.8) is 0 Å². The highest BCUT2D eigenvalue weighted by atomic mass is 32.2. The third kappa shape index (κ3) is 3.63. The lowest BCUT2D eigenvalue weighted by Crippen LogP contribution is -2.49. The first kappa shape index (κ1) is 16.0. The summed E-state index contributed by atoms with van der Waals surface area (Å²) in [5, 5.41) is 12.2. The van der Waals surface area contributed by atoms with Crippen LogP contribution in [-0.2, 0) is 6.54 Å². The molecule has 2 rings (SSSR count). The number of ether oxygens (including phenoxy) is 1. The van der Waals surface area contributed by atoms with E-state index in [4.69, 9.17) is 15.7 Å². The number of likely N-dealkylation sites (tertiary alicyclic amines) is 1. The molecule has 0 aliphatic carbocycles. The van der Waals surface area contributed by atoms with Gasteiger partial charge in [0.25, 0.3) is 0 Å². The van der Waals surface area contributed by atoms with Gasteiger partial charge in [0.05, 0.1) is 11.9 Å². The Morgan fingerprint density at radius 3 is 2.76 bits per heavy atom. The maximum Gasteiger partial charge on any atom is 0.155 e. The van der Waals surface area contributed by atoms with E-state index in [1.807, 2.05) is 18.4 Å². The molecular weight excluding hydrogens is 286 g/mol. The summed E-state index contributed by atoms with van der Waals surface area (Å²) >= 11 is 1.68. The second-order valence-corrected chi connectivity index (χ2v) is 6.50. The van der Waals surface area contributed by atoms with E-state index in [1.165, 1.54) is 5.56 Å². The summed E-state index contributed by atoms with van der Waals surface area (Å²) in [5.74, 6) is 1.23. The van der Waals surface area contributed by atoms with E-state index in [1.54, 1.807) is 18.9 Å². The summed E-state index contributed by atoms with van der Waals surface area (Å²) in [4.78, 5) is 2.40. The summed E-state index contributed by atoms with van der Waals surface area (Å²) < 4.78 is 5.04. The highest BCUT2D eigenvalue weighted by molar-refractivity contribution is 8.00. The van der Waals surface area contributed by atoms with Gasteiger partial charge in [0, 0.05) is 19.6 Å². The molecule has 0 bridgehead atoms. The zero-order chi connectivity index (χ0) is 15.3. The van der Waals surface area contributed by atoms with E-state index in [0.717, 1.165) is 38.2 Å². The lowest BCUT2D eigenvalue weighted by atomic mass is 9.94. The largest absolute Gasteiger partial charge is 0.497 e. The SMILES string of the molecule is COc1cccc(CN2CCC(SC)(C(N)=NO)CC2)c1. The van der Waals surface area contributed by atoms with Crippen molar-refractivity contribution >= 4 is 17.6 Å². The Hall–Kier alpha value is -1.40. The summed E-state index contributed by atoms with van der Waals surface area (Å²) in [6, 6.07) is 8.15. The Morgan fingerprint density at radius 2 is 2.19 bits per heavy atom. The predicted molar refractivity (Wildman–Crippen MR) is 87.2 cm³/mol. The average molecular weight is 309 g/mol. The molecule has 1 aliphatic heterocycles. The highest BCUT2D eigenvalue weighted by Crippen LogP contribution is 2.35. The van der Waals surface area contributed by atoms with Crippen LogP contribution in [0.3, 0.4) is 0 Å². The molecule has 0 saturated carbocycles. The number of nitrogens with two attached hydrogens (primary N) is 1. The third-order valence-electron chi connectivity index (χ3n) is 4.17. The predicted octanol–water partition coefficient (Wildman–Crippen LogP) is 2.14. The quantitative estimate of drug-likeness (QED) is 0.377. The number of thioether (sulfide) groups is 1. The fourth-order valence-corrected chi connectivity index (χ4v) is 3.60. The van der Waals surface area contributed by atoms with Crippen LogP contribution in [0.25, 0.3) is 0 Å². The maximum absolute atomic E-state index is 8.96. The normalized spacial score (nSPS) is 19.4. The minimum Gasteiger partial charge on any atom is -0.497 e. The molecular formula is C15H23N3O2S. The van der Waals surface area contributed by atoms with Crippen LogP contribution in [0.2, 0.25) is 0 Å². The number of nitrogens with zero attached hydrogens (tertiary/aromatic N) is 2. The van der Waals surface area contributed by atoms with Gasteiger partial charge in [0.15, 0.2) is 5.84 Å². The van der Waals surface area contributed by atoms with Crippen LogP contribution in [0.1, 0.15) is 18.4 Å². The number of amidine groups is 1. The number of oxime groups is 1. The average Bonchev–Trinajstić information content (AvgIpc) is 2.55. The van der Waals surface area contributed by atoms with Crippen LogP contribution < -0.4 is 10.5 Å². The molecule has 0 amide bonds. The Bertz CT molecular complexity index is 499. The van der Waals surface area contributed by atoms with Gasteiger partial charge >= 0.3 is 0 Å². The summed E-state index contributed by atoms with van der Waals surface area (Å²) in [6.07, 6.45) is 3.82. The fourth-order valence-electron chi connectivity index (χ4n) is 2.76. The van der Waals surface area contributed by atoms with Crippen molar-refractivity contribution in [2.45, 2.75) is 24.1 Å². The van der Waals surface area contributed by atoms with Crippen molar-refractivity contribution in [2.75, 3.05) is 26.5 Å². The molecule has 0 spiro atoms. The smallest absolute Gasteiger partial charge is 0.155 e. The molecule has 5 nitrogen and oxygen atoms in total. The topological polar surface area (TPSA) is 71.1 Å². The van der Waals surface area contributed by atoms with E-state index in [9.17, 15) is 0 Å². The van der Waals surface area contributed by atoms with Gasteiger partial charge in [-0.15, -0.1) is 0 Å². The first-order chi connectivity index (χ1) is 10.1. The van der Waals surface area contributed by atoms with Crippen molar-refractivity contribution in [2.24, 2.45) is 10.9 Å². The highest BCUT2D eigenvalue weighted by Gasteiger charge is 2.38. The van der Waals surface area contributed by atoms with Crippen LogP contribution >= 0.6 is 11.8 Å². The minimum absolute atomic E-state index is 0.223. The second kappa shape index (κ2) is 7.04. The Balaban J connectivity index is 1.97. The lowest BCUT2D eigenvalue weighted by Gasteiger charge is -2.39. The van der Waals surface area contributed by atoms with Crippen LogP contribution in [0.4, 0.5) is 0 Å². The second-order valence-electron chi connectivity index (χ2n) is 5.31. The third-order valence-corrected chi connectivity index (χ3v) is 5.57. The van der Waals surface area contributed by atoms with Crippen molar-refractivity contribution in [3.05, 3.63) is 29.8 Å². The molecule has 116 valence electrons. The maximum atomic E-state index is 8.96. The molecule has 6 heteroatoms.